The molecule has 2 rings (SSSR count). The third kappa shape index (κ3) is 3.28. The van der Waals surface area contributed by atoms with Crippen LogP contribution in [0.5, 0.6) is 0 Å². The number of benzene rings is 1. The number of hydrogen-bond acceptors (Lipinski definition) is 2. The van der Waals surface area contributed by atoms with Gasteiger partial charge < -0.3 is 10.1 Å². The Hall–Kier alpha value is -0.510. The number of anilines is 1. The third-order valence-corrected chi connectivity index (χ3v) is 3.60. The van der Waals surface area contributed by atoms with E-state index in [-0.39, 0.29) is 21.7 Å². The van der Waals surface area contributed by atoms with E-state index < -0.39 is 5.82 Å². The van der Waals surface area contributed by atoms with Crippen molar-refractivity contribution in [2.24, 2.45) is 0 Å². The molecule has 1 aliphatic rings. The van der Waals surface area contributed by atoms with Crippen LogP contribution in [0.2, 0.25) is 10.0 Å². The maximum atomic E-state index is 13.3. The molecule has 2 nitrogen and oxygen atoms in total. The minimum atomic E-state index is -0.573. The molecule has 0 aliphatic carbocycles. The van der Waals surface area contributed by atoms with Gasteiger partial charge in [0.25, 0.3) is 0 Å². The molecule has 100 valence electrons. The third-order valence-electron chi connectivity index (χ3n) is 3.05. The van der Waals surface area contributed by atoms with Crippen molar-refractivity contribution in [2.45, 2.75) is 38.3 Å². The lowest BCUT2D eigenvalue weighted by Gasteiger charge is -2.36. The quantitative estimate of drug-likeness (QED) is 0.810. The van der Waals surface area contributed by atoms with E-state index in [4.69, 9.17) is 27.9 Å². The van der Waals surface area contributed by atoms with Gasteiger partial charge in [-0.2, -0.15) is 0 Å². The summed E-state index contributed by atoms with van der Waals surface area (Å²) in [5.74, 6) is -0.573. The number of nitrogens with one attached hydrogen (secondary N) is 1. The molecular formula is C13H16Cl2FNO. The maximum absolute atomic E-state index is 13.3. The number of ether oxygens (including phenoxy) is 1. The van der Waals surface area contributed by atoms with Crippen molar-refractivity contribution in [1.82, 2.24) is 0 Å². The fraction of sp³-hybridized carbons (Fsp3) is 0.538. The summed E-state index contributed by atoms with van der Waals surface area (Å²) in [5.41, 5.74) is 0.609. The summed E-state index contributed by atoms with van der Waals surface area (Å²) < 4.78 is 18.9. The van der Waals surface area contributed by atoms with Crippen molar-refractivity contribution < 1.29 is 9.13 Å². The first-order valence-corrected chi connectivity index (χ1v) is 6.68. The summed E-state index contributed by atoms with van der Waals surface area (Å²) in [6.45, 7) is 4.84. The second-order valence-corrected chi connectivity index (χ2v) is 6.01. The van der Waals surface area contributed by atoms with Gasteiger partial charge in [-0.15, -0.1) is 0 Å². The van der Waals surface area contributed by atoms with Gasteiger partial charge >= 0.3 is 0 Å². The Morgan fingerprint density at radius 1 is 1.33 bits per heavy atom. The van der Waals surface area contributed by atoms with Crippen molar-refractivity contribution in [3.05, 3.63) is 28.0 Å². The Morgan fingerprint density at radius 3 is 2.50 bits per heavy atom. The average Bonchev–Trinajstić information content (AvgIpc) is 2.24. The fourth-order valence-electron chi connectivity index (χ4n) is 2.23. The van der Waals surface area contributed by atoms with E-state index in [1.807, 2.05) is 0 Å². The molecule has 1 atom stereocenters. The molecule has 1 aromatic carbocycles. The average molecular weight is 292 g/mol. The highest BCUT2D eigenvalue weighted by molar-refractivity contribution is 6.35. The van der Waals surface area contributed by atoms with Crippen LogP contribution in [0.25, 0.3) is 0 Å². The Balaban J connectivity index is 2.10. The van der Waals surface area contributed by atoms with Crippen LogP contribution in [0.3, 0.4) is 0 Å². The van der Waals surface area contributed by atoms with Gasteiger partial charge in [-0.05, 0) is 38.8 Å². The lowest BCUT2D eigenvalue weighted by Crippen LogP contribution is -2.40. The molecule has 1 heterocycles. The monoisotopic (exact) mass is 291 g/mol. The Bertz CT molecular complexity index is 428. The lowest BCUT2D eigenvalue weighted by molar-refractivity contribution is -0.0553. The van der Waals surface area contributed by atoms with E-state index in [9.17, 15) is 4.39 Å². The molecule has 18 heavy (non-hydrogen) atoms. The molecule has 0 aromatic heterocycles. The van der Waals surface area contributed by atoms with E-state index in [2.05, 4.69) is 19.2 Å². The van der Waals surface area contributed by atoms with Crippen LogP contribution in [0.1, 0.15) is 26.7 Å². The second-order valence-electron chi connectivity index (χ2n) is 5.20. The highest BCUT2D eigenvalue weighted by Gasteiger charge is 2.28. The maximum Gasteiger partial charge on any atom is 0.160 e. The van der Waals surface area contributed by atoms with Crippen molar-refractivity contribution in [2.75, 3.05) is 11.9 Å². The summed E-state index contributed by atoms with van der Waals surface area (Å²) in [5, 5.41) is 3.41. The van der Waals surface area contributed by atoms with Gasteiger partial charge in [0, 0.05) is 18.3 Å². The topological polar surface area (TPSA) is 21.3 Å². The molecule has 1 fully saturated rings. The molecule has 1 unspecified atom stereocenters. The van der Waals surface area contributed by atoms with Crippen molar-refractivity contribution in [3.63, 3.8) is 0 Å². The van der Waals surface area contributed by atoms with Gasteiger partial charge in [0.2, 0.25) is 0 Å². The molecule has 1 N–H and O–H groups in total. The lowest BCUT2D eigenvalue weighted by atomic mass is 9.94. The van der Waals surface area contributed by atoms with Crippen LogP contribution in [-0.4, -0.2) is 18.2 Å². The molecule has 0 amide bonds. The number of rotatable bonds is 2. The highest BCUT2D eigenvalue weighted by Crippen LogP contribution is 2.30. The van der Waals surface area contributed by atoms with E-state index in [1.54, 1.807) is 12.1 Å². The molecule has 0 spiro atoms. The largest absolute Gasteiger partial charge is 0.382 e. The molecule has 1 saturated heterocycles. The Labute approximate surface area is 116 Å². The molecule has 0 bridgehead atoms. The molecule has 1 aliphatic heterocycles. The van der Waals surface area contributed by atoms with Crippen molar-refractivity contribution in [1.29, 1.82) is 0 Å². The highest BCUT2D eigenvalue weighted by atomic mass is 35.5. The predicted molar refractivity (Wildman–Crippen MR) is 73.1 cm³/mol. The predicted octanol–water partition coefficient (Wildman–Crippen LogP) is 4.50. The van der Waals surface area contributed by atoms with Crippen LogP contribution >= 0.6 is 23.2 Å². The summed E-state index contributed by atoms with van der Waals surface area (Å²) in [6.07, 6.45) is 1.80. The zero-order valence-corrected chi connectivity index (χ0v) is 11.9. The first-order chi connectivity index (χ1) is 8.37. The van der Waals surface area contributed by atoms with Crippen LogP contribution in [0.4, 0.5) is 10.1 Å². The molecule has 1 aromatic rings. The SMILES string of the molecule is CC1(C)CC(Nc2cc(Cl)c(F)c(Cl)c2)CCO1. The molecular weight excluding hydrogens is 276 g/mol. The van der Waals surface area contributed by atoms with Gasteiger partial charge in [0.15, 0.2) is 5.82 Å². The van der Waals surface area contributed by atoms with Crippen LogP contribution < -0.4 is 5.32 Å². The van der Waals surface area contributed by atoms with Crippen LogP contribution in [0.15, 0.2) is 12.1 Å². The standard InChI is InChI=1S/C13H16Cl2FNO/c1-13(2)7-8(3-4-18-13)17-9-5-10(14)12(16)11(15)6-9/h5-6,8,17H,3-4,7H2,1-2H3. The zero-order chi connectivity index (χ0) is 13.3. The minimum absolute atomic E-state index is 0.0383. The van der Waals surface area contributed by atoms with Gasteiger partial charge in [-0.1, -0.05) is 23.2 Å². The first-order valence-electron chi connectivity index (χ1n) is 5.92. The fourth-order valence-corrected chi connectivity index (χ4v) is 2.72. The smallest absolute Gasteiger partial charge is 0.160 e. The summed E-state index contributed by atoms with van der Waals surface area (Å²) >= 11 is 11.5. The molecule has 5 heteroatoms. The summed E-state index contributed by atoms with van der Waals surface area (Å²) in [6, 6.07) is 3.41. The first kappa shape index (κ1) is 13.9. The minimum Gasteiger partial charge on any atom is -0.382 e. The molecule has 0 radical (unpaired) electrons. The van der Waals surface area contributed by atoms with Gasteiger partial charge in [-0.3, -0.25) is 0 Å². The van der Waals surface area contributed by atoms with E-state index in [0.717, 1.165) is 18.5 Å². The Kier molecular flexibility index (Phi) is 4.05. The number of hydrogen-bond donors (Lipinski definition) is 1. The van der Waals surface area contributed by atoms with Crippen molar-refractivity contribution >= 4 is 28.9 Å². The molecule has 0 saturated carbocycles. The van der Waals surface area contributed by atoms with Crippen LogP contribution in [0, 0.1) is 5.82 Å². The van der Waals surface area contributed by atoms with Crippen molar-refractivity contribution in [3.8, 4) is 0 Å². The zero-order valence-electron chi connectivity index (χ0n) is 10.4. The van der Waals surface area contributed by atoms with E-state index in [0.29, 0.717) is 6.61 Å². The van der Waals surface area contributed by atoms with Gasteiger partial charge in [0.1, 0.15) is 0 Å². The second kappa shape index (κ2) is 5.24. The van der Waals surface area contributed by atoms with Crippen LogP contribution in [-0.2, 0) is 4.74 Å². The number of halogens is 3. The summed E-state index contributed by atoms with van der Waals surface area (Å²) in [4.78, 5) is 0. The normalized spacial score (nSPS) is 22.8. The van der Waals surface area contributed by atoms with E-state index >= 15 is 0 Å². The summed E-state index contributed by atoms with van der Waals surface area (Å²) in [7, 11) is 0. The van der Waals surface area contributed by atoms with E-state index in [1.165, 1.54) is 0 Å². The van der Waals surface area contributed by atoms with Gasteiger partial charge in [-0.25, -0.2) is 4.39 Å². The Morgan fingerprint density at radius 2 is 1.94 bits per heavy atom. The van der Waals surface area contributed by atoms with Gasteiger partial charge in [0.05, 0.1) is 15.6 Å².